The molecule has 0 saturated heterocycles. The van der Waals surface area contributed by atoms with E-state index in [2.05, 4.69) is 40.9 Å². The van der Waals surface area contributed by atoms with E-state index < -0.39 is 0 Å². The third kappa shape index (κ3) is 2.10. The Morgan fingerprint density at radius 3 is 2.84 bits per heavy atom. The summed E-state index contributed by atoms with van der Waals surface area (Å²) in [6.07, 6.45) is 2.77. The van der Waals surface area contributed by atoms with Crippen molar-refractivity contribution in [2.45, 2.75) is 26.8 Å². The third-order valence-electron chi connectivity index (χ3n) is 3.41. The highest BCUT2D eigenvalue weighted by Gasteiger charge is 2.13. The largest absolute Gasteiger partial charge is 0.368 e. The van der Waals surface area contributed by atoms with Gasteiger partial charge in [0.2, 0.25) is 5.95 Å². The van der Waals surface area contributed by atoms with Crippen molar-refractivity contribution in [3.8, 4) is 11.3 Å². The van der Waals surface area contributed by atoms with E-state index in [0.29, 0.717) is 5.95 Å². The van der Waals surface area contributed by atoms with E-state index in [0.717, 1.165) is 29.9 Å². The molecule has 0 bridgehead atoms. The minimum Gasteiger partial charge on any atom is -0.368 e. The summed E-state index contributed by atoms with van der Waals surface area (Å²) in [6.45, 7) is 4.94. The maximum atomic E-state index is 5.79. The van der Waals surface area contributed by atoms with E-state index in [-0.39, 0.29) is 0 Å². The van der Waals surface area contributed by atoms with Crippen molar-refractivity contribution >= 4 is 12.2 Å². The summed E-state index contributed by atoms with van der Waals surface area (Å²) in [6, 6.07) is 6.33. The van der Waals surface area contributed by atoms with Crippen LogP contribution in [0.25, 0.3) is 11.3 Å². The zero-order valence-electron chi connectivity index (χ0n) is 11.1. The maximum Gasteiger partial charge on any atom is 0.220 e. The van der Waals surface area contributed by atoms with Crippen LogP contribution in [0.4, 0.5) is 5.95 Å². The molecule has 1 aromatic carbocycles. The van der Waals surface area contributed by atoms with Crippen LogP contribution in [-0.4, -0.2) is 16.2 Å². The first-order chi connectivity index (χ1) is 9.17. The van der Waals surface area contributed by atoms with Crippen molar-refractivity contribution in [3.63, 3.8) is 0 Å². The molecule has 1 aliphatic heterocycles. The molecule has 1 aliphatic rings. The molecule has 3 rings (SSSR count). The number of hydrogen-bond acceptors (Lipinski definition) is 4. The average Bonchev–Trinajstić information content (AvgIpc) is 2.84. The van der Waals surface area contributed by atoms with E-state index in [1.165, 1.54) is 16.7 Å². The fourth-order valence-electron chi connectivity index (χ4n) is 2.40. The van der Waals surface area contributed by atoms with Crippen molar-refractivity contribution in [2.24, 2.45) is 4.99 Å². The molecule has 2 aromatic rings. The lowest BCUT2D eigenvalue weighted by Crippen LogP contribution is -2.01. The second-order valence-corrected chi connectivity index (χ2v) is 4.79. The number of hydrogen-bond donors (Lipinski definition) is 1. The summed E-state index contributed by atoms with van der Waals surface area (Å²) < 4.78 is 0. The van der Waals surface area contributed by atoms with E-state index in [1.807, 2.05) is 12.3 Å². The number of rotatable bonds is 2. The molecule has 0 atom stereocenters. The highest BCUT2D eigenvalue weighted by molar-refractivity contribution is 5.87. The average molecular weight is 252 g/mol. The number of aryl methyl sites for hydroxylation is 2. The lowest BCUT2D eigenvalue weighted by molar-refractivity contribution is 1.01. The Balaban J connectivity index is 2.16. The van der Waals surface area contributed by atoms with E-state index >= 15 is 0 Å². The quantitative estimate of drug-likeness (QED) is 0.893. The molecule has 0 unspecified atom stereocenters. The van der Waals surface area contributed by atoms with Gasteiger partial charge in [-0.25, -0.2) is 9.97 Å². The van der Waals surface area contributed by atoms with Gasteiger partial charge in [0, 0.05) is 17.5 Å². The van der Waals surface area contributed by atoms with Gasteiger partial charge < -0.3 is 5.73 Å². The molecule has 0 saturated carbocycles. The predicted octanol–water partition coefficient (Wildman–Crippen LogP) is 2.53. The van der Waals surface area contributed by atoms with Crippen molar-refractivity contribution in [1.82, 2.24) is 9.97 Å². The fraction of sp³-hybridized carbons (Fsp3) is 0.267. The molecule has 2 N–H and O–H groups in total. The predicted molar refractivity (Wildman–Crippen MR) is 77.3 cm³/mol. The van der Waals surface area contributed by atoms with Crippen molar-refractivity contribution in [1.29, 1.82) is 0 Å². The van der Waals surface area contributed by atoms with Gasteiger partial charge in [-0.2, -0.15) is 0 Å². The Hall–Kier alpha value is -2.23. The molecule has 0 aliphatic carbocycles. The summed E-state index contributed by atoms with van der Waals surface area (Å²) in [5, 5.41) is 0. The minimum atomic E-state index is 0.336. The molecular formula is C15H16N4. The van der Waals surface area contributed by atoms with Gasteiger partial charge in [-0.3, -0.25) is 4.99 Å². The molecule has 96 valence electrons. The number of fused-ring (bicyclic) bond motifs is 1. The number of nitrogen functional groups attached to an aromatic ring is 1. The molecular weight excluding hydrogens is 236 g/mol. The van der Waals surface area contributed by atoms with Crippen LogP contribution in [0.1, 0.15) is 29.3 Å². The monoisotopic (exact) mass is 252 g/mol. The van der Waals surface area contributed by atoms with Crippen molar-refractivity contribution in [3.05, 3.63) is 40.6 Å². The highest BCUT2D eigenvalue weighted by Crippen LogP contribution is 2.28. The lowest BCUT2D eigenvalue weighted by Gasteiger charge is -2.10. The van der Waals surface area contributed by atoms with Gasteiger partial charge in [0.05, 0.1) is 12.2 Å². The third-order valence-corrected chi connectivity index (χ3v) is 3.41. The fourth-order valence-corrected chi connectivity index (χ4v) is 2.40. The summed E-state index contributed by atoms with van der Waals surface area (Å²) >= 11 is 0. The van der Waals surface area contributed by atoms with Crippen LogP contribution in [0, 0.1) is 6.92 Å². The van der Waals surface area contributed by atoms with E-state index in [4.69, 9.17) is 5.73 Å². The van der Waals surface area contributed by atoms with Gasteiger partial charge in [0.25, 0.3) is 0 Å². The zero-order chi connectivity index (χ0) is 13.4. The van der Waals surface area contributed by atoms with Crippen LogP contribution in [-0.2, 0) is 13.0 Å². The molecule has 2 heterocycles. The van der Waals surface area contributed by atoms with Crippen LogP contribution >= 0.6 is 0 Å². The van der Waals surface area contributed by atoms with Gasteiger partial charge in [-0.05, 0) is 42.2 Å². The molecule has 4 nitrogen and oxygen atoms in total. The van der Waals surface area contributed by atoms with Crippen LogP contribution < -0.4 is 5.73 Å². The molecule has 19 heavy (non-hydrogen) atoms. The summed E-state index contributed by atoms with van der Waals surface area (Å²) in [5.74, 6) is 0.336. The number of nitrogens with zero attached hydrogens (tertiary/aromatic N) is 3. The first-order valence-corrected chi connectivity index (χ1v) is 6.44. The first-order valence-electron chi connectivity index (χ1n) is 6.44. The van der Waals surface area contributed by atoms with Crippen LogP contribution in [0.2, 0.25) is 0 Å². The zero-order valence-corrected chi connectivity index (χ0v) is 11.1. The summed E-state index contributed by atoms with van der Waals surface area (Å²) in [4.78, 5) is 12.9. The number of anilines is 1. The van der Waals surface area contributed by atoms with Crippen LogP contribution in [0.15, 0.2) is 23.2 Å². The topological polar surface area (TPSA) is 64.2 Å². The molecule has 0 spiro atoms. The molecule has 0 radical (unpaired) electrons. The van der Waals surface area contributed by atoms with Crippen LogP contribution in [0.5, 0.6) is 0 Å². The van der Waals surface area contributed by atoms with Gasteiger partial charge in [-0.1, -0.05) is 13.0 Å². The number of nitrogens with two attached hydrogens (primary N) is 1. The second-order valence-electron chi connectivity index (χ2n) is 4.79. The van der Waals surface area contributed by atoms with Gasteiger partial charge >= 0.3 is 0 Å². The normalized spacial score (nSPS) is 12.7. The number of benzene rings is 1. The minimum absolute atomic E-state index is 0.336. The molecule has 1 aromatic heterocycles. The summed E-state index contributed by atoms with van der Waals surface area (Å²) in [5.41, 5.74) is 12.4. The van der Waals surface area contributed by atoms with Gasteiger partial charge in [0.1, 0.15) is 0 Å². The first kappa shape index (κ1) is 11.8. The lowest BCUT2D eigenvalue weighted by atomic mass is 9.98. The van der Waals surface area contributed by atoms with Gasteiger partial charge in [0.15, 0.2) is 0 Å². The Bertz CT molecular complexity index is 674. The Morgan fingerprint density at radius 2 is 2.05 bits per heavy atom. The molecule has 0 fully saturated rings. The van der Waals surface area contributed by atoms with Crippen molar-refractivity contribution < 1.29 is 0 Å². The maximum absolute atomic E-state index is 5.79. The molecule has 4 heteroatoms. The standard InChI is InChI=1S/C15H16N4/c1-3-12-6-14(19-15(16)18-12)13-5-11-8-17-7-10(11)4-9(13)2/h4-6,8H,3,7H2,1-2H3,(H2,16,18,19). The Morgan fingerprint density at radius 1 is 1.21 bits per heavy atom. The summed E-state index contributed by atoms with van der Waals surface area (Å²) in [7, 11) is 0. The molecule has 0 amide bonds. The van der Waals surface area contributed by atoms with Gasteiger partial charge in [-0.15, -0.1) is 0 Å². The van der Waals surface area contributed by atoms with Crippen molar-refractivity contribution in [2.75, 3.05) is 5.73 Å². The van der Waals surface area contributed by atoms with Crippen LogP contribution in [0.3, 0.4) is 0 Å². The number of aliphatic imine (C=N–C) groups is 1. The van der Waals surface area contributed by atoms with E-state index in [1.54, 1.807) is 0 Å². The smallest absolute Gasteiger partial charge is 0.220 e. The Labute approximate surface area is 112 Å². The highest BCUT2D eigenvalue weighted by atomic mass is 15.0. The van der Waals surface area contributed by atoms with E-state index in [9.17, 15) is 0 Å². The second kappa shape index (κ2) is 4.46. The SMILES string of the molecule is CCc1cc(-c2cc3c(cc2C)CN=C3)nc(N)n1. The number of aromatic nitrogens is 2. The Kier molecular flexibility index (Phi) is 2.78.